The standard InChI is InChI=1S/C16H15N3O5/c1-24-16(23)8-2-3-9-10(7-17-12(9)6-8)14(21)18-11-4-5-13(20)19-15(11)22/h2-3,6-7,11,17H,4-5H2,1H3,(H,18,21)(H,19,20,22). The van der Waals surface area contributed by atoms with Crippen LogP contribution in [0.5, 0.6) is 0 Å². The van der Waals surface area contributed by atoms with Gasteiger partial charge in [-0.1, -0.05) is 6.07 Å². The summed E-state index contributed by atoms with van der Waals surface area (Å²) in [5.41, 5.74) is 1.32. The topological polar surface area (TPSA) is 117 Å². The number of carbonyl (C=O) groups is 4. The Bertz CT molecular complexity index is 855. The van der Waals surface area contributed by atoms with Gasteiger partial charge in [-0.2, -0.15) is 0 Å². The molecule has 1 fully saturated rings. The minimum Gasteiger partial charge on any atom is -0.465 e. The number of hydrogen-bond donors (Lipinski definition) is 3. The highest BCUT2D eigenvalue weighted by molar-refractivity contribution is 6.10. The minimum atomic E-state index is -0.741. The van der Waals surface area contributed by atoms with Crippen LogP contribution in [0, 0.1) is 0 Å². The molecule has 1 saturated heterocycles. The Morgan fingerprint density at radius 1 is 1.29 bits per heavy atom. The van der Waals surface area contributed by atoms with E-state index in [1.807, 2.05) is 0 Å². The van der Waals surface area contributed by atoms with Crippen molar-refractivity contribution in [3.05, 3.63) is 35.5 Å². The number of imide groups is 1. The van der Waals surface area contributed by atoms with Crippen LogP contribution in [0.2, 0.25) is 0 Å². The molecule has 0 saturated carbocycles. The fraction of sp³-hybridized carbons (Fsp3) is 0.250. The average molecular weight is 329 g/mol. The molecular formula is C16H15N3O5. The molecule has 2 aromatic rings. The van der Waals surface area contributed by atoms with E-state index in [-0.39, 0.29) is 18.7 Å². The summed E-state index contributed by atoms with van der Waals surface area (Å²) in [5, 5.41) is 5.43. The zero-order valence-corrected chi connectivity index (χ0v) is 12.8. The highest BCUT2D eigenvalue weighted by atomic mass is 16.5. The molecule has 0 spiro atoms. The Morgan fingerprint density at radius 2 is 2.08 bits per heavy atom. The van der Waals surface area contributed by atoms with Gasteiger partial charge in [-0.25, -0.2) is 4.79 Å². The quantitative estimate of drug-likeness (QED) is 0.559. The second-order valence-corrected chi connectivity index (χ2v) is 5.43. The number of aromatic nitrogens is 1. The molecule has 0 bridgehead atoms. The first-order valence-corrected chi connectivity index (χ1v) is 7.33. The summed E-state index contributed by atoms with van der Waals surface area (Å²) in [7, 11) is 1.29. The number of aromatic amines is 1. The van der Waals surface area contributed by atoms with Gasteiger partial charge in [-0.3, -0.25) is 19.7 Å². The molecule has 8 nitrogen and oxygen atoms in total. The maximum Gasteiger partial charge on any atom is 0.337 e. The Kier molecular flexibility index (Phi) is 4.03. The Labute approximate surface area is 136 Å². The van der Waals surface area contributed by atoms with E-state index in [2.05, 4.69) is 20.4 Å². The third-order valence-electron chi connectivity index (χ3n) is 3.89. The van der Waals surface area contributed by atoms with Gasteiger partial charge in [0, 0.05) is 23.5 Å². The molecule has 24 heavy (non-hydrogen) atoms. The first-order valence-electron chi connectivity index (χ1n) is 7.33. The van der Waals surface area contributed by atoms with Crippen LogP contribution in [-0.2, 0) is 14.3 Å². The molecule has 124 valence electrons. The zero-order valence-electron chi connectivity index (χ0n) is 12.8. The lowest BCUT2D eigenvalue weighted by atomic mass is 10.0. The molecule has 1 atom stereocenters. The smallest absolute Gasteiger partial charge is 0.337 e. The van der Waals surface area contributed by atoms with Gasteiger partial charge < -0.3 is 15.0 Å². The van der Waals surface area contributed by atoms with Crippen LogP contribution in [0.1, 0.15) is 33.6 Å². The van der Waals surface area contributed by atoms with E-state index in [4.69, 9.17) is 0 Å². The fourth-order valence-corrected chi connectivity index (χ4v) is 2.63. The molecule has 3 N–H and O–H groups in total. The maximum absolute atomic E-state index is 12.4. The first-order chi connectivity index (χ1) is 11.5. The van der Waals surface area contributed by atoms with E-state index >= 15 is 0 Å². The molecule has 0 radical (unpaired) electrons. The molecule has 3 rings (SSSR count). The highest BCUT2D eigenvalue weighted by Crippen LogP contribution is 2.20. The van der Waals surface area contributed by atoms with Crippen molar-refractivity contribution >= 4 is 34.6 Å². The van der Waals surface area contributed by atoms with Crippen LogP contribution in [0.15, 0.2) is 24.4 Å². The van der Waals surface area contributed by atoms with Crippen LogP contribution in [-0.4, -0.2) is 41.8 Å². The predicted molar refractivity (Wildman–Crippen MR) is 83.3 cm³/mol. The number of piperidine rings is 1. The van der Waals surface area contributed by atoms with Crippen LogP contribution in [0.25, 0.3) is 10.9 Å². The van der Waals surface area contributed by atoms with Crippen molar-refractivity contribution < 1.29 is 23.9 Å². The van der Waals surface area contributed by atoms with Crippen molar-refractivity contribution in [2.24, 2.45) is 0 Å². The summed E-state index contributed by atoms with van der Waals surface area (Å²) in [4.78, 5) is 49.7. The van der Waals surface area contributed by atoms with Crippen LogP contribution < -0.4 is 10.6 Å². The number of hydrogen-bond acceptors (Lipinski definition) is 5. The number of ether oxygens (including phenoxy) is 1. The second kappa shape index (κ2) is 6.15. The van der Waals surface area contributed by atoms with Gasteiger partial charge in [-0.05, 0) is 18.6 Å². The van der Waals surface area contributed by atoms with Crippen molar-refractivity contribution in [1.82, 2.24) is 15.6 Å². The summed E-state index contributed by atoms with van der Waals surface area (Å²) in [6.45, 7) is 0. The molecule has 3 amide bonds. The van der Waals surface area contributed by atoms with Crippen molar-refractivity contribution in [3.63, 3.8) is 0 Å². The largest absolute Gasteiger partial charge is 0.465 e. The normalized spacial score (nSPS) is 17.5. The van der Waals surface area contributed by atoms with Gasteiger partial charge in [0.15, 0.2) is 0 Å². The number of fused-ring (bicyclic) bond motifs is 1. The minimum absolute atomic E-state index is 0.188. The molecule has 0 aliphatic carbocycles. The van der Waals surface area contributed by atoms with Gasteiger partial charge >= 0.3 is 5.97 Å². The molecule has 2 heterocycles. The molecule has 1 aliphatic rings. The van der Waals surface area contributed by atoms with E-state index in [1.165, 1.54) is 13.3 Å². The van der Waals surface area contributed by atoms with E-state index in [1.54, 1.807) is 18.2 Å². The van der Waals surface area contributed by atoms with Gasteiger partial charge in [0.2, 0.25) is 11.8 Å². The van der Waals surface area contributed by atoms with Gasteiger partial charge in [0.25, 0.3) is 5.91 Å². The first kappa shape index (κ1) is 15.7. The molecule has 1 aromatic carbocycles. The number of benzene rings is 1. The number of amides is 3. The Hall–Kier alpha value is -3.16. The molecule has 1 unspecified atom stereocenters. The lowest BCUT2D eigenvalue weighted by molar-refractivity contribution is -0.134. The lowest BCUT2D eigenvalue weighted by Crippen LogP contribution is -2.52. The number of esters is 1. The third-order valence-corrected chi connectivity index (χ3v) is 3.89. The number of nitrogens with one attached hydrogen (secondary N) is 3. The molecule has 1 aliphatic heterocycles. The maximum atomic E-state index is 12.4. The number of carbonyl (C=O) groups excluding carboxylic acids is 4. The van der Waals surface area contributed by atoms with Crippen molar-refractivity contribution in [1.29, 1.82) is 0 Å². The van der Waals surface area contributed by atoms with E-state index < -0.39 is 23.8 Å². The van der Waals surface area contributed by atoms with E-state index in [9.17, 15) is 19.2 Å². The molecule has 1 aromatic heterocycles. The van der Waals surface area contributed by atoms with Crippen LogP contribution >= 0.6 is 0 Å². The fourth-order valence-electron chi connectivity index (χ4n) is 2.63. The van der Waals surface area contributed by atoms with Crippen molar-refractivity contribution in [2.45, 2.75) is 18.9 Å². The highest BCUT2D eigenvalue weighted by Gasteiger charge is 2.28. The SMILES string of the molecule is COC(=O)c1ccc2c(C(=O)NC3CCC(=O)NC3=O)c[nH]c2c1. The zero-order chi connectivity index (χ0) is 17.3. The van der Waals surface area contributed by atoms with Crippen molar-refractivity contribution in [2.75, 3.05) is 7.11 Å². The number of rotatable bonds is 3. The third kappa shape index (κ3) is 2.85. The summed E-state index contributed by atoms with van der Waals surface area (Å²) in [5.74, 6) is -1.75. The van der Waals surface area contributed by atoms with E-state index in [0.717, 1.165) is 0 Å². The summed E-state index contributed by atoms with van der Waals surface area (Å²) < 4.78 is 4.66. The monoisotopic (exact) mass is 329 g/mol. The van der Waals surface area contributed by atoms with Gasteiger partial charge in [0.05, 0.1) is 18.2 Å². The number of H-pyrrole nitrogens is 1. The summed E-state index contributed by atoms with van der Waals surface area (Å²) >= 11 is 0. The second-order valence-electron chi connectivity index (χ2n) is 5.43. The lowest BCUT2D eigenvalue weighted by Gasteiger charge is -2.21. The summed E-state index contributed by atoms with van der Waals surface area (Å²) in [6.07, 6.45) is 1.96. The van der Waals surface area contributed by atoms with E-state index in [0.29, 0.717) is 22.0 Å². The average Bonchev–Trinajstić information content (AvgIpc) is 2.99. The molecular weight excluding hydrogens is 314 g/mol. The Morgan fingerprint density at radius 3 is 2.79 bits per heavy atom. The van der Waals surface area contributed by atoms with Crippen molar-refractivity contribution in [3.8, 4) is 0 Å². The number of methoxy groups -OCH3 is 1. The summed E-state index contributed by atoms with van der Waals surface area (Å²) in [6, 6.07) is 4.04. The van der Waals surface area contributed by atoms with Crippen LogP contribution in [0.4, 0.5) is 0 Å². The van der Waals surface area contributed by atoms with Gasteiger partial charge in [-0.15, -0.1) is 0 Å². The van der Waals surface area contributed by atoms with Gasteiger partial charge in [0.1, 0.15) is 6.04 Å². The predicted octanol–water partition coefficient (Wildman–Crippen LogP) is 0.489. The molecule has 8 heteroatoms. The van der Waals surface area contributed by atoms with Crippen LogP contribution in [0.3, 0.4) is 0 Å². The Balaban J connectivity index is 1.81.